The van der Waals surface area contributed by atoms with Crippen LogP contribution in [0.4, 0.5) is 5.82 Å². The van der Waals surface area contributed by atoms with Gasteiger partial charge in [0, 0.05) is 6.54 Å². The number of nitrogens with zero attached hydrogens (tertiary/aromatic N) is 3. The van der Waals surface area contributed by atoms with E-state index in [1.807, 2.05) is 0 Å². The molecule has 0 aliphatic rings. The first-order valence-electron chi connectivity index (χ1n) is 4.41. The van der Waals surface area contributed by atoms with Crippen LogP contribution in [-0.4, -0.2) is 28.2 Å². The first-order chi connectivity index (χ1) is 6.92. The molecule has 0 aliphatic heterocycles. The van der Waals surface area contributed by atoms with E-state index in [0.717, 1.165) is 24.2 Å². The Kier molecular flexibility index (Phi) is 2.55. The SMILES string of the molecule is NCCCNc1ncnc2oncc12. The molecule has 2 aromatic heterocycles. The Labute approximate surface area is 80.5 Å². The van der Waals surface area contributed by atoms with E-state index < -0.39 is 0 Å². The van der Waals surface area contributed by atoms with Crippen molar-refractivity contribution in [2.75, 3.05) is 18.4 Å². The van der Waals surface area contributed by atoms with Crippen LogP contribution in [-0.2, 0) is 0 Å². The lowest BCUT2D eigenvalue weighted by atomic mass is 10.4. The van der Waals surface area contributed by atoms with E-state index in [9.17, 15) is 0 Å². The van der Waals surface area contributed by atoms with Gasteiger partial charge in [0.15, 0.2) is 0 Å². The highest BCUT2D eigenvalue weighted by atomic mass is 16.5. The number of hydrogen-bond acceptors (Lipinski definition) is 6. The third kappa shape index (κ3) is 1.64. The average molecular weight is 193 g/mol. The van der Waals surface area contributed by atoms with Gasteiger partial charge < -0.3 is 15.6 Å². The quantitative estimate of drug-likeness (QED) is 0.682. The van der Waals surface area contributed by atoms with Crippen molar-refractivity contribution in [2.45, 2.75) is 6.42 Å². The number of nitrogens with one attached hydrogen (secondary N) is 1. The number of rotatable bonds is 4. The number of hydrogen-bond donors (Lipinski definition) is 2. The molecule has 2 aromatic rings. The van der Waals surface area contributed by atoms with Gasteiger partial charge >= 0.3 is 0 Å². The smallest absolute Gasteiger partial charge is 0.262 e. The Morgan fingerprint density at radius 2 is 2.36 bits per heavy atom. The summed E-state index contributed by atoms with van der Waals surface area (Å²) in [5, 5.41) is 7.59. The van der Waals surface area contributed by atoms with Crippen LogP contribution in [0.3, 0.4) is 0 Å². The fourth-order valence-corrected chi connectivity index (χ4v) is 1.15. The molecule has 0 radical (unpaired) electrons. The van der Waals surface area contributed by atoms with Crippen molar-refractivity contribution in [3.8, 4) is 0 Å². The molecule has 0 spiro atoms. The van der Waals surface area contributed by atoms with E-state index in [1.165, 1.54) is 6.33 Å². The van der Waals surface area contributed by atoms with Gasteiger partial charge in [-0.25, -0.2) is 4.98 Å². The summed E-state index contributed by atoms with van der Waals surface area (Å²) in [6.45, 7) is 1.44. The molecule has 74 valence electrons. The van der Waals surface area contributed by atoms with Gasteiger partial charge in [-0.3, -0.25) is 0 Å². The van der Waals surface area contributed by atoms with Crippen molar-refractivity contribution in [1.29, 1.82) is 0 Å². The minimum absolute atomic E-state index is 0.496. The second-order valence-corrected chi connectivity index (χ2v) is 2.84. The molecular weight excluding hydrogens is 182 g/mol. The minimum Gasteiger partial charge on any atom is -0.369 e. The van der Waals surface area contributed by atoms with Gasteiger partial charge in [-0.1, -0.05) is 5.16 Å². The van der Waals surface area contributed by atoms with Gasteiger partial charge in [0.25, 0.3) is 5.71 Å². The number of anilines is 1. The molecule has 0 aliphatic carbocycles. The predicted octanol–water partition coefficient (Wildman–Crippen LogP) is 0.378. The topological polar surface area (TPSA) is 89.9 Å². The fraction of sp³-hybridized carbons (Fsp3) is 0.375. The van der Waals surface area contributed by atoms with E-state index in [-0.39, 0.29) is 0 Å². The number of aromatic nitrogens is 3. The fourth-order valence-electron chi connectivity index (χ4n) is 1.15. The highest BCUT2D eigenvalue weighted by Crippen LogP contribution is 2.17. The standard InChI is InChI=1S/C8H11N5O/c9-2-1-3-10-7-6-4-13-14-8(6)12-5-11-7/h4-5H,1-3,9H2,(H,10,11,12). The van der Waals surface area contributed by atoms with Crippen LogP contribution in [0.25, 0.3) is 11.1 Å². The number of fused-ring (bicyclic) bond motifs is 1. The molecule has 14 heavy (non-hydrogen) atoms. The molecule has 0 aromatic carbocycles. The second kappa shape index (κ2) is 4.01. The maximum Gasteiger partial charge on any atom is 0.262 e. The van der Waals surface area contributed by atoms with Gasteiger partial charge in [0.2, 0.25) is 0 Å². The van der Waals surface area contributed by atoms with Crippen LogP contribution in [0.5, 0.6) is 0 Å². The highest BCUT2D eigenvalue weighted by molar-refractivity contribution is 5.83. The zero-order chi connectivity index (χ0) is 9.80. The van der Waals surface area contributed by atoms with Crippen LogP contribution in [0.15, 0.2) is 17.0 Å². The second-order valence-electron chi connectivity index (χ2n) is 2.84. The molecule has 3 N–H and O–H groups in total. The summed E-state index contributed by atoms with van der Waals surface area (Å²) in [6.07, 6.45) is 3.94. The van der Waals surface area contributed by atoms with Crippen molar-refractivity contribution in [1.82, 2.24) is 15.1 Å². The molecule has 0 atom stereocenters. The Morgan fingerprint density at radius 3 is 3.21 bits per heavy atom. The molecule has 6 heteroatoms. The Morgan fingerprint density at radius 1 is 1.43 bits per heavy atom. The average Bonchev–Trinajstić information content (AvgIpc) is 2.67. The van der Waals surface area contributed by atoms with Crippen molar-refractivity contribution in [3.05, 3.63) is 12.5 Å². The van der Waals surface area contributed by atoms with Gasteiger partial charge in [-0.2, -0.15) is 4.98 Å². The van der Waals surface area contributed by atoms with Crippen molar-refractivity contribution in [2.24, 2.45) is 5.73 Å². The van der Waals surface area contributed by atoms with Crippen LogP contribution in [0, 0.1) is 0 Å². The van der Waals surface area contributed by atoms with E-state index in [4.69, 9.17) is 10.3 Å². The van der Waals surface area contributed by atoms with Gasteiger partial charge in [0.1, 0.15) is 17.5 Å². The van der Waals surface area contributed by atoms with Crippen LogP contribution < -0.4 is 11.1 Å². The largest absolute Gasteiger partial charge is 0.369 e. The molecule has 0 unspecified atom stereocenters. The summed E-state index contributed by atoms with van der Waals surface area (Å²) in [4.78, 5) is 8.01. The van der Waals surface area contributed by atoms with E-state index in [2.05, 4.69) is 20.4 Å². The highest BCUT2D eigenvalue weighted by Gasteiger charge is 2.05. The van der Waals surface area contributed by atoms with E-state index >= 15 is 0 Å². The molecule has 0 bridgehead atoms. The van der Waals surface area contributed by atoms with E-state index in [1.54, 1.807) is 6.20 Å². The molecular formula is C8H11N5O. The minimum atomic E-state index is 0.496. The normalized spacial score (nSPS) is 10.6. The molecule has 0 fully saturated rings. The third-order valence-corrected chi connectivity index (χ3v) is 1.84. The molecule has 2 heterocycles. The van der Waals surface area contributed by atoms with Crippen molar-refractivity contribution >= 4 is 16.9 Å². The molecule has 2 rings (SSSR count). The van der Waals surface area contributed by atoms with Crippen LogP contribution in [0.2, 0.25) is 0 Å². The first-order valence-corrected chi connectivity index (χ1v) is 4.41. The zero-order valence-corrected chi connectivity index (χ0v) is 7.60. The summed E-state index contributed by atoms with van der Waals surface area (Å²) in [5.41, 5.74) is 5.88. The maximum absolute atomic E-state index is 5.38. The van der Waals surface area contributed by atoms with Gasteiger partial charge in [-0.15, -0.1) is 0 Å². The Balaban J connectivity index is 2.19. The maximum atomic E-state index is 5.38. The zero-order valence-electron chi connectivity index (χ0n) is 7.60. The summed E-state index contributed by atoms with van der Waals surface area (Å²) >= 11 is 0. The molecule has 0 saturated carbocycles. The van der Waals surface area contributed by atoms with Gasteiger partial charge in [0.05, 0.1) is 6.20 Å². The summed E-state index contributed by atoms with van der Waals surface area (Å²) in [5.74, 6) is 0.740. The van der Waals surface area contributed by atoms with Gasteiger partial charge in [-0.05, 0) is 13.0 Å². The Hall–Kier alpha value is -1.69. The van der Waals surface area contributed by atoms with Crippen LogP contribution in [0.1, 0.15) is 6.42 Å². The summed E-state index contributed by atoms with van der Waals surface area (Å²) in [7, 11) is 0. The van der Waals surface area contributed by atoms with Crippen molar-refractivity contribution in [3.63, 3.8) is 0 Å². The third-order valence-electron chi connectivity index (χ3n) is 1.84. The summed E-state index contributed by atoms with van der Waals surface area (Å²) < 4.78 is 4.90. The lowest BCUT2D eigenvalue weighted by Crippen LogP contribution is -2.09. The molecule has 0 saturated heterocycles. The molecule has 0 amide bonds. The summed E-state index contributed by atoms with van der Waals surface area (Å²) in [6, 6.07) is 0. The molecule has 6 nitrogen and oxygen atoms in total. The van der Waals surface area contributed by atoms with Crippen molar-refractivity contribution < 1.29 is 4.52 Å². The predicted molar refractivity (Wildman–Crippen MR) is 51.8 cm³/mol. The number of nitrogens with two attached hydrogens (primary N) is 1. The van der Waals surface area contributed by atoms with Crippen LogP contribution >= 0.6 is 0 Å². The first kappa shape index (κ1) is 8.89. The lowest BCUT2D eigenvalue weighted by Gasteiger charge is -2.03. The monoisotopic (exact) mass is 193 g/mol. The lowest BCUT2D eigenvalue weighted by molar-refractivity contribution is 0.448. The van der Waals surface area contributed by atoms with E-state index in [0.29, 0.717) is 12.3 Å². The Bertz CT molecular complexity index is 413.